The van der Waals surface area contributed by atoms with E-state index in [0.717, 1.165) is 38.9 Å². The van der Waals surface area contributed by atoms with Gasteiger partial charge >= 0.3 is 0 Å². The highest BCUT2D eigenvalue weighted by molar-refractivity contribution is 5.85. The first-order chi connectivity index (χ1) is 7.29. The minimum absolute atomic E-state index is 0. The second kappa shape index (κ2) is 10.9. The van der Waals surface area contributed by atoms with E-state index in [9.17, 15) is 4.79 Å². The molecule has 1 rings (SSSR count). The molecule has 1 atom stereocenters. The first-order valence-corrected chi connectivity index (χ1v) is 5.90. The number of carbonyl (C=O) groups excluding carboxylic acids is 1. The van der Waals surface area contributed by atoms with Crippen LogP contribution in [0.3, 0.4) is 0 Å². The van der Waals surface area contributed by atoms with Gasteiger partial charge in [-0.15, -0.1) is 31.4 Å². The molecule has 0 aromatic heterocycles. The summed E-state index contributed by atoms with van der Waals surface area (Å²) in [6, 6.07) is 0.419. The van der Waals surface area contributed by atoms with Gasteiger partial charge in [0.05, 0.1) is 0 Å². The molecule has 1 N–H and O–H groups in total. The van der Waals surface area contributed by atoms with Gasteiger partial charge in [0.15, 0.2) is 0 Å². The summed E-state index contributed by atoms with van der Waals surface area (Å²) >= 11 is 0. The van der Waals surface area contributed by atoms with Gasteiger partial charge in [0.1, 0.15) is 0 Å². The summed E-state index contributed by atoms with van der Waals surface area (Å²) in [5.41, 5.74) is 0. The molecule has 1 aliphatic heterocycles. The monoisotopic (exact) mass is 282 g/mol. The molecular formula is C12H24Cl2N2O. The standard InChI is InChI=1S/C12H22N2O.2ClH/c1-3-5-6-12(15)14(9-4-2)11-7-8-13-10-11;;/h3,11,13H,1,4-10H2,2H3;2*1H. The van der Waals surface area contributed by atoms with Crippen molar-refractivity contribution in [3.8, 4) is 0 Å². The van der Waals surface area contributed by atoms with Crippen LogP contribution in [-0.2, 0) is 4.79 Å². The summed E-state index contributed by atoms with van der Waals surface area (Å²) in [7, 11) is 0. The van der Waals surface area contributed by atoms with Crippen molar-refractivity contribution in [3.05, 3.63) is 12.7 Å². The lowest BCUT2D eigenvalue weighted by Gasteiger charge is -2.28. The van der Waals surface area contributed by atoms with Crippen molar-refractivity contribution in [2.24, 2.45) is 0 Å². The van der Waals surface area contributed by atoms with Crippen molar-refractivity contribution < 1.29 is 4.79 Å². The van der Waals surface area contributed by atoms with Crippen LogP contribution in [0.1, 0.15) is 32.6 Å². The zero-order valence-corrected chi connectivity index (χ0v) is 12.1. The number of hydrogen-bond acceptors (Lipinski definition) is 2. The van der Waals surface area contributed by atoms with E-state index in [0.29, 0.717) is 12.5 Å². The Bertz CT molecular complexity index is 219. The second-order valence-electron chi connectivity index (χ2n) is 4.06. The first kappa shape index (κ1) is 19.1. The van der Waals surface area contributed by atoms with Gasteiger partial charge in [-0.25, -0.2) is 0 Å². The van der Waals surface area contributed by atoms with Gasteiger partial charge in [-0.3, -0.25) is 4.79 Å². The zero-order valence-electron chi connectivity index (χ0n) is 10.5. The van der Waals surface area contributed by atoms with Gasteiger partial charge in [-0.05, 0) is 25.8 Å². The van der Waals surface area contributed by atoms with Gasteiger partial charge in [0.2, 0.25) is 5.91 Å². The van der Waals surface area contributed by atoms with Crippen LogP contribution < -0.4 is 5.32 Å². The SMILES string of the molecule is C=CCCC(=O)N(CCC)C1CCNC1.Cl.Cl. The number of rotatable bonds is 6. The van der Waals surface area contributed by atoms with Crippen molar-refractivity contribution >= 4 is 30.7 Å². The normalized spacial score (nSPS) is 17.8. The van der Waals surface area contributed by atoms with Gasteiger partial charge in [-0.1, -0.05) is 13.0 Å². The minimum Gasteiger partial charge on any atom is -0.338 e. The van der Waals surface area contributed by atoms with E-state index in [4.69, 9.17) is 0 Å². The average Bonchev–Trinajstić information content (AvgIpc) is 2.75. The third-order valence-corrected chi connectivity index (χ3v) is 2.82. The Kier molecular flexibility index (Phi) is 12.2. The minimum atomic E-state index is 0. The van der Waals surface area contributed by atoms with E-state index in [-0.39, 0.29) is 30.7 Å². The number of hydrogen-bond donors (Lipinski definition) is 1. The Morgan fingerprint density at radius 2 is 2.24 bits per heavy atom. The fraction of sp³-hybridized carbons (Fsp3) is 0.750. The highest BCUT2D eigenvalue weighted by Gasteiger charge is 2.24. The third kappa shape index (κ3) is 6.29. The topological polar surface area (TPSA) is 32.3 Å². The van der Waals surface area contributed by atoms with E-state index in [1.807, 2.05) is 11.0 Å². The largest absolute Gasteiger partial charge is 0.338 e. The van der Waals surface area contributed by atoms with Crippen molar-refractivity contribution in [1.82, 2.24) is 10.2 Å². The van der Waals surface area contributed by atoms with E-state index >= 15 is 0 Å². The van der Waals surface area contributed by atoms with E-state index < -0.39 is 0 Å². The molecule has 0 aromatic carbocycles. The highest BCUT2D eigenvalue weighted by atomic mass is 35.5. The molecule has 1 heterocycles. The van der Waals surface area contributed by atoms with Crippen LogP contribution in [0.5, 0.6) is 0 Å². The van der Waals surface area contributed by atoms with Crippen molar-refractivity contribution in [2.45, 2.75) is 38.6 Å². The fourth-order valence-electron chi connectivity index (χ4n) is 2.03. The Labute approximate surface area is 117 Å². The maximum atomic E-state index is 11.9. The lowest BCUT2D eigenvalue weighted by Crippen LogP contribution is -2.41. The summed E-state index contributed by atoms with van der Waals surface area (Å²) in [4.78, 5) is 14.0. The van der Waals surface area contributed by atoms with Crippen LogP contribution >= 0.6 is 24.8 Å². The third-order valence-electron chi connectivity index (χ3n) is 2.82. The molecule has 0 aromatic rings. The average molecular weight is 283 g/mol. The molecule has 3 nitrogen and oxygen atoms in total. The van der Waals surface area contributed by atoms with Crippen molar-refractivity contribution in [1.29, 1.82) is 0 Å². The maximum Gasteiger partial charge on any atom is 0.223 e. The molecule has 0 spiro atoms. The summed E-state index contributed by atoms with van der Waals surface area (Å²) in [6.45, 7) is 8.66. The Balaban J connectivity index is 0. The lowest BCUT2D eigenvalue weighted by atomic mass is 10.1. The molecule has 102 valence electrons. The van der Waals surface area contributed by atoms with Crippen molar-refractivity contribution in [3.63, 3.8) is 0 Å². The van der Waals surface area contributed by atoms with Gasteiger partial charge in [0, 0.05) is 25.6 Å². The van der Waals surface area contributed by atoms with Gasteiger partial charge < -0.3 is 10.2 Å². The summed E-state index contributed by atoms with van der Waals surface area (Å²) in [5, 5.41) is 3.31. The Morgan fingerprint density at radius 1 is 1.53 bits per heavy atom. The molecule has 17 heavy (non-hydrogen) atoms. The Hall–Kier alpha value is -0.250. The number of nitrogens with zero attached hydrogens (tertiary/aromatic N) is 1. The predicted octanol–water partition coefficient (Wildman–Crippen LogP) is 2.40. The van der Waals surface area contributed by atoms with Crippen LogP contribution in [0.25, 0.3) is 0 Å². The maximum absolute atomic E-state index is 11.9. The Morgan fingerprint density at radius 3 is 2.71 bits per heavy atom. The lowest BCUT2D eigenvalue weighted by molar-refractivity contribution is -0.133. The molecular weight excluding hydrogens is 259 g/mol. The fourth-order valence-corrected chi connectivity index (χ4v) is 2.03. The summed E-state index contributed by atoms with van der Waals surface area (Å²) in [6.07, 6.45) is 5.35. The molecule has 0 bridgehead atoms. The summed E-state index contributed by atoms with van der Waals surface area (Å²) < 4.78 is 0. The molecule has 1 saturated heterocycles. The molecule has 1 fully saturated rings. The second-order valence-corrected chi connectivity index (χ2v) is 4.06. The van der Waals surface area contributed by atoms with Crippen LogP contribution in [0, 0.1) is 0 Å². The van der Waals surface area contributed by atoms with E-state index in [2.05, 4.69) is 18.8 Å². The predicted molar refractivity (Wildman–Crippen MR) is 77.2 cm³/mol. The number of nitrogens with one attached hydrogen (secondary N) is 1. The number of halogens is 2. The van der Waals surface area contributed by atoms with Gasteiger partial charge in [0.25, 0.3) is 0 Å². The summed E-state index contributed by atoms with van der Waals surface area (Å²) in [5.74, 6) is 0.283. The zero-order chi connectivity index (χ0) is 11.1. The molecule has 1 unspecified atom stereocenters. The molecule has 0 aliphatic carbocycles. The highest BCUT2D eigenvalue weighted by Crippen LogP contribution is 2.11. The van der Waals surface area contributed by atoms with Crippen LogP contribution in [0.15, 0.2) is 12.7 Å². The van der Waals surface area contributed by atoms with Crippen molar-refractivity contribution in [2.75, 3.05) is 19.6 Å². The number of allylic oxidation sites excluding steroid dienone is 1. The molecule has 1 aliphatic rings. The van der Waals surface area contributed by atoms with Crippen LogP contribution in [0.2, 0.25) is 0 Å². The van der Waals surface area contributed by atoms with E-state index in [1.165, 1.54) is 0 Å². The van der Waals surface area contributed by atoms with Crippen LogP contribution in [-0.4, -0.2) is 36.5 Å². The first-order valence-electron chi connectivity index (χ1n) is 5.90. The molecule has 5 heteroatoms. The number of amides is 1. The molecule has 0 saturated carbocycles. The molecule has 1 amide bonds. The molecule has 0 radical (unpaired) electrons. The van der Waals surface area contributed by atoms with Crippen LogP contribution in [0.4, 0.5) is 0 Å². The van der Waals surface area contributed by atoms with E-state index in [1.54, 1.807) is 0 Å². The number of carbonyl (C=O) groups is 1. The van der Waals surface area contributed by atoms with Gasteiger partial charge in [-0.2, -0.15) is 0 Å². The quantitative estimate of drug-likeness (QED) is 0.759. The smallest absolute Gasteiger partial charge is 0.223 e.